The SMILES string of the molecule is COC.O=C(O)CCC1CCCCC1=O. The topological polar surface area (TPSA) is 63.6 Å². The largest absolute Gasteiger partial charge is 0.481 e. The predicted molar refractivity (Wildman–Crippen MR) is 56.8 cm³/mol. The van der Waals surface area contributed by atoms with E-state index < -0.39 is 5.97 Å². The lowest BCUT2D eigenvalue weighted by Gasteiger charge is -2.19. The van der Waals surface area contributed by atoms with Crippen LogP contribution in [0.15, 0.2) is 0 Å². The van der Waals surface area contributed by atoms with Crippen molar-refractivity contribution in [2.45, 2.75) is 38.5 Å². The third kappa shape index (κ3) is 7.08. The van der Waals surface area contributed by atoms with E-state index in [0.29, 0.717) is 12.8 Å². The highest BCUT2D eigenvalue weighted by Gasteiger charge is 2.22. The molecule has 4 nitrogen and oxygen atoms in total. The summed E-state index contributed by atoms with van der Waals surface area (Å²) in [6.07, 6.45) is 4.29. The normalized spacial score (nSPS) is 20.4. The van der Waals surface area contributed by atoms with Gasteiger partial charge in [-0.15, -0.1) is 0 Å². The Morgan fingerprint density at radius 3 is 2.53 bits per heavy atom. The third-order valence-electron chi connectivity index (χ3n) is 2.39. The molecule has 0 aromatic carbocycles. The minimum absolute atomic E-state index is 0.0369. The number of carboxylic acid groups (broad SMARTS) is 1. The highest BCUT2D eigenvalue weighted by molar-refractivity contribution is 5.82. The summed E-state index contributed by atoms with van der Waals surface area (Å²) in [6.45, 7) is 0. The highest BCUT2D eigenvalue weighted by Crippen LogP contribution is 2.24. The van der Waals surface area contributed by atoms with Gasteiger partial charge in [-0.1, -0.05) is 6.42 Å². The number of carbonyl (C=O) groups is 2. The molecule has 4 heteroatoms. The maximum atomic E-state index is 11.2. The van der Waals surface area contributed by atoms with Gasteiger partial charge in [0.2, 0.25) is 0 Å². The fraction of sp³-hybridized carbons (Fsp3) is 0.818. The van der Waals surface area contributed by atoms with Crippen molar-refractivity contribution in [3.63, 3.8) is 0 Å². The zero-order valence-electron chi connectivity index (χ0n) is 9.49. The summed E-state index contributed by atoms with van der Waals surface area (Å²) in [7, 11) is 3.25. The average Bonchev–Trinajstić information content (AvgIpc) is 2.17. The Bertz CT molecular complexity index is 201. The van der Waals surface area contributed by atoms with Crippen LogP contribution in [0.25, 0.3) is 0 Å². The van der Waals surface area contributed by atoms with Crippen LogP contribution >= 0.6 is 0 Å². The highest BCUT2D eigenvalue weighted by atomic mass is 16.4. The van der Waals surface area contributed by atoms with Crippen molar-refractivity contribution < 1.29 is 19.4 Å². The van der Waals surface area contributed by atoms with Crippen LogP contribution in [-0.4, -0.2) is 31.1 Å². The van der Waals surface area contributed by atoms with Gasteiger partial charge < -0.3 is 9.84 Å². The molecule has 1 rings (SSSR count). The third-order valence-corrected chi connectivity index (χ3v) is 2.39. The fourth-order valence-electron chi connectivity index (χ4n) is 1.66. The lowest BCUT2D eigenvalue weighted by Crippen LogP contribution is -2.19. The number of hydrogen-bond acceptors (Lipinski definition) is 3. The quantitative estimate of drug-likeness (QED) is 0.782. The van der Waals surface area contributed by atoms with Crippen molar-refractivity contribution in [3.8, 4) is 0 Å². The number of rotatable bonds is 3. The van der Waals surface area contributed by atoms with Crippen LogP contribution in [0.1, 0.15) is 38.5 Å². The Kier molecular flexibility index (Phi) is 7.91. The molecule has 15 heavy (non-hydrogen) atoms. The first kappa shape index (κ1) is 14.1. The molecular formula is C11H20O4. The summed E-state index contributed by atoms with van der Waals surface area (Å²) < 4.78 is 4.25. The molecule has 0 aromatic heterocycles. The van der Waals surface area contributed by atoms with E-state index in [9.17, 15) is 9.59 Å². The maximum Gasteiger partial charge on any atom is 0.303 e. The first-order valence-electron chi connectivity index (χ1n) is 5.26. The summed E-state index contributed by atoms with van der Waals surface area (Å²) in [6, 6.07) is 0. The molecule has 0 aromatic rings. The number of Topliss-reactive ketones (excluding diaryl/α,β-unsaturated/α-hetero) is 1. The average molecular weight is 216 g/mol. The summed E-state index contributed by atoms with van der Waals surface area (Å²) in [4.78, 5) is 21.5. The smallest absolute Gasteiger partial charge is 0.303 e. The molecule has 0 heterocycles. The monoisotopic (exact) mass is 216 g/mol. The summed E-state index contributed by atoms with van der Waals surface area (Å²) >= 11 is 0. The fourth-order valence-corrected chi connectivity index (χ4v) is 1.66. The van der Waals surface area contributed by atoms with E-state index in [1.54, 1.807) is 14.2 Å². The minimum atomic E-state index is -0.798. The van der Waals surface area contributed by atoms with Gasteiger partial charge in [-0.05, 0) is 19.3 Å². The van der Waals surface area contributed by atoms with Crippen molar-refractivity contribution in [2.75, 3.05) is 14.2 Å². The number of ketones is 1. The van der Waals surface area contributed by atoms with Gasteiger partial charge >= 0.3 is 5.97 Å². The molecule has 0 aliphatic heterocycles. The van der Waals surface area contributed by atoms with Crippen LogP contribution in [-0.2, 0) is 14.3 Å². The van der Waals surface area contributed by atoms with Crippen LogP contribution < -0.4 is 0 Å². The Balaban J connectivity index is 0.000000583. The van der Waals surface area contributed by atoms with Gasteiger partial charge in [-0.2, -0.15) is 0 Å². The van der Waals surface area contributed by atoms with Gasteiger partial charge in [0, 0.05) is 33.0 Å². The first-order chi connectivity index (χ1) is 7.11. The number of ether oxygens (including phenoxy) is 1. The molecule has 1 saturated carbocycles. The van der Waals surface area contributed by atoms with Crippen LogP contribution in [0.3, 0.4) is 0 Å². The maximum absolute atomic E-state index is 11.2. The van der Waals surface area contributed by atoms with E-state index in [-0.39, 0.29) is 18.1 Å². The van der Waals surface area contributed by atoms with Gasteiger partial charge in [-0.25, -0.2) is 0 Å². The molecule has 0 radical (unpaired) electrons. The molecule has 88 valence electrons. The van der Waals surface area contributed by atoms with E-state index >= 15 is 0 Å². The number of carbonyl (C=O) groups excluding carboxylic acids is 1. The summed E-state index contributed by atoms with van der Waals surface area (Å²) in [5.74, 6) is -0.495. The van der Waals surface area contributed by atoms with Gasteiger partial charge in [0.1, 0.15) is 5.78 Å². The Morgan fingerprint density at radius 2 is 2.07 bits per heavy atom. The van der Waals surface area contributed by atoms with Gasteiger partial charge in [0.25, 0.3) is 0 Å². The second-order valence-electron chi connectivity index (χ2n) is 3.75. The molecule has 0 saturated heterocycles. The van der Waals surface area contributed by atoms with E-state index in [1.807, 2.05) is 0 Å². The van der Waals surface area contributed by atoms with Crippen molar-refractivity contribution in [1.29, 1.82) is 0 Å². The van der Waals surface area contributed by atoms with Gasteiger partial charge in [0.05, 0.1) is 0 Å². The Hall–Kier alpha value is -0.900. The van der Waals surface area contributed by atoms with E-state index in [4.69, 9.17) is 5.11 Å². The predicted octanol–water partition coefficient (Wildman–Crippen LogP) is 1.87. The van der Waals surface area contributed by atoms with Crippen LogP contribution in [0.5, 0.6) is 0 Å². The molecule has 1 aliphatic carbocycles. The molecule has 1 atom stereocenters. The number of aliphatic carboxylic acids is 1. The summed E-state index contributed by atoms with van der Waals surface area (Å²) in [5, 5.41) is 8.42. The van der Waals surface area contributed by atoms with Gasteiger partial charge in [0.15, 0.2) is 0 Å². The summed E-state index contributed by atoms with van der Waals surface area (Å²) in [5.41, 5.74) is 0. The Morgan fingerprint density at radius 1 is 1.47 bits per heavy atom. The molecule has 0 spiro atoms. The van der Waals surface area contributed by atoms with Crippen molar-refractivity contribution in [2.24, 2.45) is 5.92 Å². The van der Waals surface area contributed by atoms with Crippen LogP contribution in [0, 0.1) is 5.92 Å². The van der Waals surface area contributed by atoms with E-state index in [1.165, 1.54) is 0 Å². The van der Waals surface area contributed by atoms with Crippen LogP contribution in [0.2, 0.25) is 0 Å². The van der Waals surface area contributed by atoms with Crippen molar-refractivity contribution in [3.05, 3.63) is 0 Å². The minimum Gasteiger partial charge on any atom is -0.481 e. The second kappa shape index (κ2) is 8.41. The molecule has 1 fully saturated rings. The molecule has 0 bridgehead atoms. The van der Waals surface area contributed by atoms with Crippen molar-refractivity contribution in [1.82, 2.24) is 0 Å². The second-order valence-corrected chi connectivity index (χ2v) is 3.75. The number of hydrogen-bond donors (Lipinski definition) is 1. The first-order valence-corrected chi connectivity index (χ1v) is 5.26. The number of methoxy groups -OCH3 is 1. The zero-order chi connectivity index (χ0) is 11.7. The molecule has 1 unspecified atom stereocenters. The molecular weight excluding hydrogens is 196 g/mol. The zero-order valence-corrected chi connectivity index (χ0v) is 9.49. The van der Waals surface area contributed by atoms with Crippen molar-refractivity contribution >= 4 is 11.8 Å². The van der Waals surface area contributed by atoms with E-state index in [0.717, 1.165) is 19.3 Å². The van der Waals surface area contributed by atoms with Crippen LogP contribution in [0.4, 0.5) is 0 Å². The lowest BCUT2D eigenvalue weighted by atomic mass is 9.85. The Labute approximate surface area is 90.6 Å². The van der Waals surface area contributed by atoms with Gasteiger partial charge in [-0.3, -0.25) is 9.59 Å². The molecule has 1 N–H and O–H groups in total. The lowest BCUT2D eigenvalue weighted by molar-refractivity contribution is -0.137. The standard InChI is InChI=1S/C9H14O3.C2H6O/c10-8-4-2-1-3-7(8)5-6-9(11)12;1-3-2/h7H,1-6H2,(H,11,12);1-2H3. The molecule has 0 amide bonds. The number of carboxylic acids is 1. The van der Waals surface area contributed by atoms with E-state index in [2.05, 4.69) is 4.74 Å². The molecule has 1 aliphatic rings.